The van der Waals surface area contributed by atoms with Gasteiger partial charge < -0.3 is 0 Å². The zero-order valence-electron chi connectivity index (χ0n) is 17.3. The first-order valence-electron chi connectivity index (χ1n) is 10.3. The summed E-state index contributed by atoms with van der Waals surface area (Å²) in [5, 5.41) is 2.53. The molecule has 0 spiro atoms. The van der Waals surface area contributed by atoms with Crippen LogP contribution in [0.15, 0.2) is 103 Å². The molecule has 5 rings (SSSR count). The van der Waals surface area contributed by atoms with Crippen LogP contribution in [0.5, 0.6) is 0 Å². The first-order chi connectivity index (χ1) is 14.7. The number of hydrogen-bond acceptors (Lipinski definition) is 1. The Morgan fingerprint density at radius 2 is 1.00 bits per heavy atom. The number of hydrogen-bond donors (Lipinski definition) is 0. The van der Waals surface area contributed by atoms with Crippen molar-refractivity contribution in [3.63, 3.8) is 0 Å². The van der Waals surface area contributed by atoms with E-state index in [4.69, 9.17) is 0 Å². The van der Waals surface area contributed by atoms with Gasteiger partial charge in [-0.15, -0.1) is 0 Å². The normalized spacial score (nSPS) is 11.0. The molecule has 1 heterocycles. The van der Waals surface area contributed by atoms with Crippen molar-refractivity contribution in [2.75, 3.05) is 0 Å². The molecule has 0 atom stereocenters. The van der Waals surface area contributed by atoms with Crippen LogP contribution in [-0.2, 0) is 0 Å². The standard InChI is InChI=1S/C29H23N/c1-20-14-21(2)16-29(15-20)27-12-11-25-17-24(9-10-26(25)18-27)22-5-7-23(8-6-22)28-4-3-13-30-19-28/h3-19H,1-2H3. The van der Waals surface area contributed by atoms with Crippen molar-refractivity contribution in [1.82, 2.24) is 4.98 Å². The lowest BCUT2D eigenvalue weighted by Crippen LogP contribution is -1.85. The number of pyridine rings is 1. The lowest BCUT2D eigenvalue weighted by molar-refractivity contribution is 1.33. The Labute approximate surface area is 177 Å². The molecule has 144 valence electrons. The van der Waals surface area contributed by atoms with Crippen molar-refractivity contribution in [3.8, 4) is 33.4 Å². The smallest absolute Gasteiger partial charge is 0.0346 e. The van der Waals surface area contributed by atoms with E-state index in [9.17, 15) is 0 Å². The fourth-order valence-electron chi connectivity index (χ4n) is 4.13. The van der Waals surface area contributed by atoms with Gasteiger partial charge in [-0.05, 0) is 76.2 Å². The zero-order chi connectivity index (χ0) is 20.5. The maximum atomic E-state index is 4.21. The van der Waals surface area contributed by atoms with Crippen molar-refractivity contribution >= 4 is 10.8 Å². The molecule has 1 aromatic heterocycles. The molecule has 30 heavy (non-hydrogen) atoms. The Morgan fingerprint density at radius 1 is 0.467 bits per heavy atom. The van der Waals surface area contributed by atoms with Crippen LogP contribution in [0.25, 0.3) is 44.2 Å². The third-order valence-electron chi connectivity index (χ3n) is 5.61. The van der Waals surface area contributed by atoms with E-state index in [0.717, 1.165) is 5.56 Å². The summed E-state index contributed by atoms with van der Waals surface area (Å²) in [6.07, 6.45) is 3.71. The summed E-state index contributed by atoms with van der Waals surface area (Å²) in [6.45, 7) is 4.31. The lowest BCUT2D eigenvalue weighted by Gasteiger charge is -2.09. The number of fused-ring (bicyclic) bond motifs is 1. The average Bonchev–Trinajstić information content (AvgIpc) is 2.78. The number of rotatable bonds is 3. The summed E-state index contributed by atoms with van der Waals surface area (Å²) in [7, 11) is 0. The van der Waals surface area contributed by atoms with Crippen LogP contribution in [0.3, 0.4) is 0 Å². The third kappa shape index (κ3) is 3.62. The molecule has 0 aliphatic carbocycles. The van der Waals surface area contributed by atoms with Gasteiger partial charge >= 0.3 is 0 Å². The van der Waals surface area contributed by atoms with Crippen molar-refractivity contribution in [2.24, 2.45) is 0 Å². The Balaban J connectivity index is 1.48. The molecule has 4 aromatic carbocycles. The highest BCUT2D eigenvalue weighted by molar-refractivity contribution is 5.91. The predicted octanol–water partition coefficient (Wildman–Crippen LogP) is 7.85. The second kappa shape index (κ2) is 7.61. The highest BCUT2D eigenvalue weighted by Gasteiger charge is 2.05. The van der Waals surface area contributed by atoms with E-state index < -0.39 is 0 Å². The molecule has 0 N–H and O–H groups in total. The SMILES string of the molecule is Cc1cc(C)cc(-c2ccc3cc(-c4ccc(-c5cccnc5)cc4)ccc3c2)c1. The molecule has 0 aliphatic heterocycles. The number of aromatic nitrogens is 1. The number of benzene rings is 4. The molecular formula is C29H23N. The van der Waals surface area contributed by atoms with Crippen LogP contribution in [0.4, 0.5) is 0 Å². The summed E-state index contributed by atoms with van der Waals surface area (Å²) in [5.41, 5.74) is 9.94. The van der Waals surface area contributed by atoms with Gasteiger partial charge in [0.25, 0.3) is 0 Å². The van der Waals surface area contributed by atoms with Gasteiger partial charge in [0.1, 0.15) is 0 Å². The number of aryl methyl sites for hydroxylation is 2. The maximum Gasteiger partial charge on any atom is 0.0346 e. The molecule has 1 nitrogen and oxygen atoms in total. The van der Waals surface area contributed by atoms with Crippen LogP contribution >= 0.6 is 0 Å². The molecule has 0 aliphatic rings. The number of nitrogens with zero attached hydrogens (tertiary/aromatic N) is 1. The van der Waals surface area contributed by atoms with E-state index in [2.05, 4.69) is 104 Å². The largest absolute Gasteiger partial charge is 0.264 e. The Hall–Kier alpha value is -3.71. The van der Waals surface area contributed by atoms with Crippen molar-refractivity contribution in [2.45, 2.75) is 13.8 Å². The topological polar surface area (TPSA) is 12.9 Å². The fraction of sp³-hybridized carbons (Fsp3) is 0.0690. The van der Waals surface area contributed by atoms with Gasteiger partial charge in [-0.25, -0.2) is 0 Å². The summed E-state index contributed by atoms with van der Waals surface area (Å²) in [4.78, 5) is 4.21. The van der Waals surface area contributed by atoms with E-state index in [1.54, 1.807) is 6.20 Å². The van der Waals surface area contributed by atoms with E-state index in [1.807, 2.05) is 12.3 Å². The van der Waals surface area contributed by atoms with Gasteiger partial charge in [-0.3, -0.25) is 4.98 Å². The molecule has 0 unspecified atom stereocenters. The molecule has 0 amide bonds. The van der Waals surface area contributed by atoms with E-state index >= 15 is 0 Å². The van der Waals surface area contributed by atoms with Gasteiger partial charge in [-0.1, -0.05) is 83.9 Å². The summed E-state index contributed by atoms with van der Waals surface area (Å²) in [5.74, 6) is 0. The highest BCUT2D eigenvalue weighted by Crippen LogP contribution is 2.30. The second-order valence-electron chi connectivity index (χ2n) is 7.97. The minimum Gasteiger partial charge on any atom is -0.264 e. The molecule has 0 bridgehead atoms. The zero-order valence-corrected chi connectivity index (χ0v) is 17.3. The molecule has 5 aromatic rings. The third-order valence-corrected chi connectivity index (χ3v) is 5.61. The van der Waals surface area contributed by atoms with Crippen LogP contribution in [0, 0.1) is 13.8 Å². The van der Waals surface area contributed by atoms with E-state index in [1.165, 1.54) is 49.7 Å². The predicted molar refractivity (Wildman–Crippen MR) is 128 cm³/mol. The Bertz CT molecular complexity index is 1310. The van der Waals surface area contributed by atoms with E-state index in [-0.39, 0.29) is 0 Å². The van der Waals surface area contributed by atoms with Gasteiger partial charge in [0.15, 0.2) is 0 Å². The minimum absolute atomic E-state index is 1.14. The molecule has 0 fully saturated rings. The average molecular weight is 386 g/mol. The molecule has 1 heteroatoms. The fourth-order valence-corrected chi connectivity index (χ4v) is 4.13. The van der Waals surface area contributed by atoms with Crippen molar-refractivity contribution in [1.29, 1.82) is 0 Å². The molecule has 0 saturated heterocycles. The van der Waals surface area contributed by atoms with Gasteiger partial charge in [-0.2, -0.15) is 0 Å². The highest BCUT2D eigenvalue weighted by atomic mass is 14.6. The maximum absolute atomic E-state index is 4.21. The monoisotopic (exact) mass is 385 g/mol. The van der Waals surface area contributed by atoms with Gasteiger partial charge in [0, 0.05) is 12.4 Å². The minimum atomic E-state index is 1.14. The molecule has 0 saturated carbocycles. The first-order valence-corrected chi connectivity index (χ1v) is 10.3. The summed E-state index contributed by atoms with van der Waals surface area (Å²) >= 11 is 0. The van der Waals surface area contributed by atoms with Crippen molar-refractivity contribution in [3.05, 3.63) is 115 Å². The Kier molecular flexibility index (Phi) is 4.65. The Morgan fingerprint density at radius 3 is 1.57 bits per heavy atom. The second-order valence-corrected chi connectivity index (χ2v) is 7.97. The molecular weight excluding hydrogens is 362 g/mol. The van der Waals surface area contributed by atoms with Crippen LogP contribution in [-0.4, -0.2) is 4.98 Å². The van der Waals surface area contributed by atoms with Crippen LogP contribution in [0.1, 0.15) is 11.1 Å². The van der Waals surface area contributed by atoms with E-state index in [0.29, 0.717) is 0 Å². The lowest BCUT2D eigenvalue weighted by atomic mass is 9.95. The summed E-state index contributed by atoms with van der Waals surface area (Å²) < 4.78 is 0. The quantitative estimate of drug-likeness (QED) is 0.308. The van der Waals surface area contributed by atoms with Crippen LogP contribution < -0.4 is 0 Å². The van der Waals surface area contributed by atoms with Gasteiger partial charge in [0.2, 0.25) is 0 Å². The van der Waals surface area contributed by atoms with Crippen molar-refractivity contribution < 1.29 is 0 Å². The van der Waals surface area contributed by atoms with Gasteiger partial charge in [0.05, 0.1) is 0 Å². The first kappa shape index (κ1) is 18.3. The molecule has 0 radical (unpaired) electrons. The van der Waals surface area contributed by atoms with Crippen LogP contribution in [0.2, 0.25) is 0 Å². The summed E-state index contributed by atoms with van der Waals surface area (Å²) in [6, 6.07) is 33.0.